The van der Waals surface area contributed by atoms with E-state index in [1.165, 1.54) is 0 Å². The van der Waals surface area contributed by atoms with Crippen molar-refractivity contribution in [1.82, 2.24) is 15.2 Å². The molecule has 1 N–H and O–H groups in total. The van der Waals surface area contributed by atoms with Crippen LogP contribution in [0.4, 0.5) is 0 Å². The largest absolute Gasteiger partial charge is 0.351 e. The number of aromatic nitrogens is 1. The first-order valence-electron chi connectivity index (χ1n) is 6.46. The molecule has 0 saturated carbocycles. The molecule has 0 bridgehead atoms. The highest BCUT2D eigenvalue weighted by Crippen LogP contribution is 2.03. The predicted octanol–water partition coefficient (Wildman–Crippen LogP) is 1.93. The highest BCUT2D eigenvalue weighted by atomic mass is 16.1. The molecule has 0 fully saturated rings. The second-order valence-corrected chi connectivity index (χ2v) is 4.92. The van der Waals surface area contributed by atoms with Gasteiger partial charge < -0.3 is 5.32 Å². The summed E-state index contributed by atoms with van der Waals surface area (Å²) in [5.74, 6) is -0.0372. The summed E-state index contributed by atoms with van der Waals surface area (Å²) in [5, 5.41) is 2.93. The Balaban J connectivity index is 2.40. The second-order valence-electron chi connectivity index (χ2n) is 4.92. The summed E-state index contributed by atoms with van der Waals surface area (Å²) in [5.41, 5.74) is 0.658. The van der Waals surface area contributed by atoms with Crippen LogP contribution in [-0.2, 0) is 0 Å². The summed E-state index contributed by atoms with van der Waals surface area (Å²) in [6.07, 6.45) is 3.26. The van der Waals surface area contributed by atoms with Gasteiger partial charge in [0.25, 0.3) is 5.91 Å². The van der Waals surface area contributed by atoms with Crippen molar-refractivity contribution in [2.24, 2.45) is 0 Å². The molecule has 0 radical (unpaired) electrons. The summed E-state index contributed by atoms with van der Waals surface area (Å²) in [6.45, 7) is 10.2. The molecule has 0 saturated heterocycles. The summed E-state index contributed by atoms with van der Waals surface area (Å²) < 4.78 is 0. The van der Waals surface area contributed by atoms with E-state index in [1.54, 1.807) is 24.5 Å². The third-order valence-corrected chi connectivity index (χ3v) is 2.92. The fourth-order valence-corrected chi connectivity index (χ4v) is 2.02. The Morgan fingerprint density at radius 1 is 1.22 bits per heavy atom. The zero-order valence-corrected chi connectivity index (χ0v) is 11.7. The molecule has 4 heteroatoms. The topological polar surface area (TPSA) is 45.2 Å². The first kappa shape index (κ1) is 14.6. The van der Waals surface area contributed by atoms with E-state index < -0.39 is 0 Å². The van der Waals surface area contributed by atoms with Gasteiger partial charge in [-0.05, 0) is 39.8 Å². The van der Waals surface area contributed by atoms with Crippen LogP contribution in [0.2, 0.25) is 0 Å². The SMILES string of the molecule is CC(C)N(CCNC(=O)c1ccncc1)C(C)C. The number of nitrogens with one attached hydrogen (secondary N) is 1. The molecule has 0 atom stereocenters. The molecular weight excluding hydrogens is 226 g/mol. The number of nitrogens with zero attached hydrogens (tertiary/aromatic N) is 2. The Bertz CT molecular complexity index is 355. The minimum atomic E-state index is -0.0372. The molecule has 0 aliphatic heterocycles. The minimum absolute atomic E-state index is 0.0372. The monoisotopic (exact) mass is 249 g/mol. The standard InChI is InChI=1S/C14H23N3O/c1-11(2)17(12(3)4)10-9-16-14(18)13-5-7-15-8-6-13/h5-8,11-12H,9-10H2,1-4H3,(H,16,18). The minimum Gasteiger partial charge on any atom is -0.351 e. The quantitative estimate of drug-likeness (QED) is 0.838. The summed E-state index contributed by atoms with van der Waals surface area (Å²) in [6, 6.07) is 4.42. The van der Waals surface area contributed by atoms with Crippen LogP contribution in [0.15, 0.2) is 24.5 Å². The van der Waals surface area contributed by atoms with E-state index in [0.717, 1.165) is 6.54 Å². The Hall–Kier alpha value is -1.42. The van der Waals surface area contributed by atoms with Crippen LogP contribution in [-0.4, -0.2) is 41.0 Å². The number of hydrogen-bond donors (Lipinski definition) is 1. The molecule has 1 aromatic rings. The van der Waals surface area contributed by atoms with Crippen molar-refractivity contribution in [2.45, 2.75) is 39.8 Å². The average molecular weight is 249 g/mol. The van der Waals surface area contributed by atoms with Gasteiger partial charge >= 0.3 is 0 Å². The van der Waals surface area contributed by atoms with Gasteiger partial charge in [0.1, 0.15) is 0 Å². The maximum atomic E-state index is 11.8. The maximum Gasteiger partial charge on any atom is 0.251 e. The molecule has 18 heavy (non-hydrogen) atoms. The van der Waals surface area contributed by atoms with Crippen LogP contribution >= 0.6 is 0 Å². The third-order valence-electron chi connectivity index (χ3n) is 2.92. The van der Waals surface area contributed by atoms with Gasteiger partial charge in [-0.2, -0.15) is 0 Å². The van der Waals surface area contributed by atoms with E-state index in [0.29, 0.717) is 24.2 Å². The van der Waals surface area contributed by atoms with Gasteiger partial charge in [-0.3, -0.25) is 14.7 Å². The lowest BCUT2D eigenvalue weighted by molar-refractivity contribution is 0.0939. The normalized spacial score (nSPS) is 11.3. The first-order chi connectivity index (χ1) is 8.52. The Morgan fingerprint density at radius 2 is 1.78 bits per heavy atom. The van der Waals surface area contributed by atoms with E-state index in [-0.39, 0.29) is 5.91 Å². The Kier molecular flexibility index (Phi) is 5.78. The number of carbonyl (C=O) groups excluding carboxylic acids is 1. The summed E-state index contributed by atoms with van der Waals surface area (Å²) in [4.78, 5) is 18.1. The second kappa shape index (κ2) is 7.11. The number of hydrogen-bond acceptors (Lipinski definition) is 3. The van der Waals surface area contributed by atoms with Gasteiger partial charge in [0.2, 0.25) is 0 Å². The lowest BCUT2D eigenvalue weighted by atomic mass is 10.2. The summed E-state index contributed by atoms with van der Waals surface area (Å²) in [7, 11) is 0. The maximum absolute atomic E-state index is 11.8. The van der Waals surface area contributed by atoms with Crippen molar-refractivity contribution in [2.75, 3.05) is 13.1 Å². The molecule has 0 aromatic carbocycles. The molecule has 1 rings (SSSR count). The van der Waals surface area contributed by atoms with Gasteiger partial charge in [-0.25, -0.2) is 0 Å². The molecule has 0 spiro atoms. The average Bonchev–Trinajstić information content (AvgIpc) is 2.34. The number of carbonyl (C=O) groups is 1. The van der Waals surface area contributed by atoms with Crippen molar-refractivity contribution in [1.29, 1.82) is 0 Å². The van der Waals surface area contributed by atoms with Gasteiger partial charge in [0.15, 0.2) is 0 Å². The van der Waals surface area contributed by atoms with Gasteiger partial charge in [-0.15, -0.1) is 0 Å². The van der Waals surface area contributed by atoms with E-state index in [9.17, 15) is 4.79 Å². The van der Waals surface area contributed by atoms with Gasteiger partial charge in [-0.1, -0.05) is 0 Å². The van der Waals surface area contributed by atoms with Crippen molar-refractivity contribution in [3.8, 4) is 0 Å². The number of pyridine rings is 1. The molecule has 1 heterocycles. The van der Waals surface area contributed by atoms with Gasteiger partial charge in [0.05, 0.1) is 0 Å². The van der Waals surface area contributed by atoms with Crippen LogP contribution in [0.1, 0.15) is 38.1 Å². The van der Waals surface area contributed by atoms with Crippen molar-refractivity contribution in [3.05, 3.63) is 30.1 Å². The van der Waals surface area contributed by atoms with Crippen LogP contribution in [0, 0.1) is 0 Å². The zero-order chi connectivity index (χ0) is 13.5. The summed E-state index contributed by atoms with van der Waals surface area (Å²) >= 11 is 0. The molecule has 4 nitrogen and oxygen atoms in total. The molecule has 0 aliphatic rings. The molecule has 100 valence electrons. The van der Waals surface area contributed by atoms with Crippen LogP contribution in [0.5, 0.6) is 0 Å². The lowest BCUT2D eigenvalue weighted by Gasteiger charge is -2.30. The van der Waals surface area contributed by atoms with Gasteiger partial charge in [0, 0.05) is 43.1 Å². The van der Waals surface area contributed by atoms with Crippen molar-refractivity contribution in [3.63, 3.8) is 0 Å². The molecule has 1 aromatic heterocycles. The van der Waals surface area contributed by atoms with Crippen LogP contribution in [0.3, 0.4) is 0 Å². The van der Waals surface area contributed by atoms with E-state index in [2.05, 4.69) is 42.9 Å². The zero-order valence-electron chi connectivity index (χ0n) is 11.7. The Labute approximate surface area is 109 Å². The number of amides is 1. The lowest BCUT2D eigenvalue weighted by Crippen LogP contribution is -2.42. The van der Waals surface area contributed by atoms with Crippen LogP contribution < -0.4 is 5.32 Å². The van der Waals surface area contributed by atoms with Crippen molar-refractivity contribution < 1.29 is 4.79 Å². The molecular formula is C14H23N3O. The van der Waals surface area contributed by atoms with Crippen molar-refractivity contribution >= 4 is 5.91 Å². The highest BCUT2D eigenvalue weighted by Gasteiger charge is 2.13. The van der Waals surface area contributed by atoms with Crippen LogP contribution in [0.25, 0.3) is 0 Å². The Morgan fingerprint density at radius 3 is 2.28 bits per heavy atom. The van der Waals surface area contributed by atoms with E-state index in [4.69, 9.17) is 0 Å². The number of rotatable bonds is 6. The van der Waals surface area contributed by atoms with E-state index in [1.807, 2.05) is 0 Å². The smallest absolute Gasteiger partial charge is 0.251 e. The van der Waals surface area contributed by atoms with E-state index >= 15 is 0 Å². The fourth-order valence-electron chi connectivity index (χ4n) is 2.02. The first-order valence-corrected chi connectivity index (χ1v) is 6.46. The fraction of sp³-hybridized carbons (Fsp3) is 0.571. The highest BCUT2D eigenvalue weighted by molar-refractivity contribution is 5.93. The third kappa shape index (κ3) is 4.45. The molecule has 0 unspecified atom stereocenters. The predicted molar refractivity (Wildman–Crippen MR) is 73.5 cm³/mol. The molecule has 0 aliphatic carbocycles. The molecule has 1 amide bonds.